The lowest BCUT2D eigenvalue weighted by atomic mass is 9.71. The molecule has 1 saturated heterocycles. The molecule has 2 fully saturated rings. The lowest BCUT2D eigenvalue weighted by Gasteiger charge is -2.36. The minimum absolute atomic E-state index is 0.128. The maximum Gasteiger partial charge on any atom is 0.0813 e. The van der Waals surface area contributed by atoms with Crippen molar-refractivity contribution in [2.45, 2.75) is 51.7 Å². The van der Waals surface area contributed by atoms with Crippen LogP contribution in [0.3, 0.4) is 0 Å². The summed E-state index contributed by atoms with van der Waals surface area (Å²) in [6.07, 6.45) is 5.60. The largest absolute Gasteiger partial charge is 0.394 e. The van der Waals surface area contributed by atoms with E-state index in [-0.39, 0.29) is 12.7 Å². The molecule has 0 aromatic rings. The minimum atomic E-state index is 0.128. The van der Waals surface area contributed by atoms with Gasteiger partial charge in [-0.05, 0) is 37.0 Å². The molecule has 2 heteroatoms. The lowest BCUT2D eigenvalue weighted by molar-refractivity contribution is -0.0473. The molecule has 5 atom stereocenters. The second-order valence-electron chi connectivity index (χ2n) is 5.01. The van der Waals surface area contributed by atoms with Crippen molar-refractivity contribution in [1.29, 1.82) is 0 Å². The number of aliphatic hydroxyl groups is 1. The van der Waals surface area contributed by atoms with Crippen LogP contribution in [0.15, 0.2) is 0 Å². The smallest absolute Gasteiger partial charge is 0.0813 e. The zero-order chi connectivity index (χ0) is 10.1. The van der Waals surface area contributed by atoms with E-state index in [2.05, 4.69) is 13.8 Å². The predicted molar refractivity (Wildman–Crippen MR) is 56.0 cm³/mol. The van der Waals surface area contributed by atoms with Gasteiger partial charge in [0.2, 0.25) is 0 Å². The van der Waals surface area contributed by atoms with Gasteiger partial charge in [-0.3, -0.25) is 0 Å². The van der Waals surface area contributed by atoms with E-state index < -0.39 is 0 Å². The number of hydrogen-bond acceptors (Lipinski definition) is 2. The summed E-state index contributed by atoms with van der Waals surface area (Å²) < 4.78 is 5.91. The van der Waals surface area contributed by atoms with Crippen molar-refractivity contribution in [1.82, 2.24) is 0 Å². The minimum Gasteiger partial charge on any atom is -0.394 e. The molecule has 82 valence electrons. The third kappa shape index (κ3) is 1.70. The fourth-order valence-electron chi connectivity index (χ4n) is 3.35. The van der Waals surface area contributed by atoms with Gasteiger partial charge in [-0.2, -0.15) is 0 Å². The standard InChI is InChI=1S/C12H22O2/c1-3-9-4-5-10-6-11(7-13)14-12(10)8(9)2/h8-13H,3-7H2,1-2H3/t8?,9?,10-,11?,12?/m1/s1. The number of hydrogen-bond donors (Lipinski definition) is 1. The number of ether oxygens (including phenoxy) is 1. The molecule has 1 saturated carbocycles. The van der Waals surface area contributed by atoms with Crippen molar-refractivity contribution >= 4 is 0 Å². The summed E-state index contributed by atoms with van der Waals surface area (Å²) in [5.74, 6) is 2.26. The molecule has 0 spiro atoms. The second kappa shape index (κ2) is 4.19. The van der Waals surface area contributed by atoms with Crippen molar-refractivity contribution in [3.63, 3.8) is 0 Å². The van der Waals surface area contributed by atoms with Crippen molar-refractivity contribution in [2.24, 2.45) is 17.8 Å². The number of rotatable bonds is 2. The van der Waals surface area contributed by atoms with E-state index in [1.165, 1.54) is 19.3 Å². The topological polar surface area (TPSA) is 29.5 Å². The Hall–Kier alpha value is -0.0800. The van der Waals surface area contributed by atoms with Gasteiger partial charge in [0, 0.05) is 0 Å². The van der Waals surface area contributed by atoms with Gasteiger partial charge in [0.05, 0.1) is 18.8 Å². The van der Waals surface area contributed by atoms with E-state index in [1.807, 2.05) is 0 Å². The Kier molecular flexibility index (Phi) is 3.13. The van der Waals surface area contributed by atoms with Crippen molar-refractivity contribution in [3.8, 4) is 0 Å². The molecular weight excluding hydrogens is 176 g/mol. The Morgan fingerprint density at radius 3 is 2.79 bits per heavy atom. The first-order valence-corrected chi connectivity index (χ1v) is 6.02. The Labute approximate surface area is 86.6 Å². The van der Waals surface area contributed by atoms with Gasteiger partial charge in [0.15, 0.2) is 0 Å². The van der Waals surface area contributed by atoms with Gasteiger partial charge in [-0.1, -0.05) is 20.3 Å². The average Bonchev–Trinajstić information content (AvgIpc) is 2.62. The van der Waals surface area contributed by atoms with E-state index in [1.54, 1.807) is 0 Å². The Morgan fingerprint density at radius 2 is 2.14 bits per heavy atom. The zero-order valence-corrected chi connectivity index (χ0v) is 9.28. The highest BCUT2D eigenvalue weighted by atomic mass is 16.5. The van der Waals surface area contributed by atoms with Gasteiger partial charge >= 0.3 is 0 Å². The summed E-state index contributed by atoms with van der Waals surface area (Å²) in [5.41, 5.74) is 0. The average molecular weight is 198 g/mol. The van der Waals surface area contributed by atoms with Crippen LogP contribution in [0.1, 0.15) is 39.5 Å². The van der Waals surface area contributed by atoms with Crippen LogP contribution in [-0.4, -0.2) is 23.9 Å². The van der Waals surface area contributed by atoms with Gasteiger partial charge in [-0.25, -0.2) is 0 Å². The summed E-state index contributed by atoms with van der Waals surface area (Å²) in [6, 6.07) is 0. The molecule has 0 aromatic carbocycles. The van der Waals surface area contributed by atoms with E-state index >= 15 is 0 Å². The van der Waals surface area contributed by atoms with Crippen LogP contribution in [0.2, 0.25) is 0 Å². The van der Waals surface area contributed by atoms with Crippen LogP contribution in [0.5, 0.6) is 0 Å². The van der Waals surface area contributed by atoms with Gasteiger partial charge in [0.1, 0.15) is 0 Å². The van der Waals surface area contributed by atoms with Crippen molar-refractivity contribution in [2.75, 3.05) is 6.61 Å². The van der Waals surface area contributed by atoms with E-state index in [0.29, 0.717) is 12.0 Å². The van der Waals surface area contributed by atoms with Gasteiger partial charge in [0.25, 0.3) is 0 Å². The van der Waals surface area contributed by atoms with Crippen LogP contribution in [0.4, 0.5) is 0 Å². The molecule has 0 amide bonds. The summed E-state index contributed by atoms with van der Waals surface area (Å²) in [6.45, 7) is 4.81. The molecule has 1 aliphatic heterocycles. The van der Waals surface area contributed by atoms with Crippen LogP contribution >= 0.6 is 0 Å². The predicted octanol–water partition coefficient (Wildman–Crippen LogP) is 2.21. The van der Waals surface area contributed by atoms with Crippen LogP contribution < -0.4 is 0 Å². The first-order valence-electron chi connectivity index (χ1n) is 6.02. The fraction of sp³-hybridized carbons (Fsp3) is 1.00. The summed E-state index contributed by atoms with van der Waals surface area (Å²) in [7, 11) is 0. The van der Waals surface area contributed by atoms with Crippen LogP contribution in [-0.2, 0) is 4.74 Å². The molecule has 0 radical (unpaired) electrons. The molecule has 4 unspecified atom stereocenters. The number of fused-ring (bicyclic) bond motifs is 1. The fourth-order valence-corrected chi connectivity index (χ4v) is 3.35. The highest BCUT2D eigenvalue weighted by molar-refractivity contribution is 4.91. The maximum atomic E-state index is 9.10. The normalized spacial score (nSPS) is 47.8. The van der Waals surface area contributed by atoms with E-state index in [0.717, 1.165) is 18.3 Å². The van der Waals surface area contributed by atoms with E-state index in [4.69, 9.17) is 9.84 Å². The third-order valence-corrected chi connectivity index (χ3v) is 4.28. The molecule has 14 heavy (non-hydrogen) atoms. The molecule has 1 heterocycles. The van der Waals surface area contributed by atoms with Crippen molar-refractivity contribution in [3.05, 3.63) is 0 Å². The van der Waals surface area contributed by atoms with Gasteiger partial charge in [-0.15, -0.1) is 0 Å². The van der Waals surface area contributed by atoms with Crippen LogP contribution in [0, 0.1) is 17.8 Å². The lowest BCUT2D eigenvalue weighted by Crippen LogP contribution is -2.35. The highest BCUT2D eigenvalue weighted by Gasteiger charge is 2.43. The molecule has 2 aliphatic rings. The molecule has 2 rings (SSSR count). The maximum absolute atomic E-state index is 9.10. The first-order chi connectivity index (χ1) is 6.76. The summed E-state index contributed by atoms with van der Waals surface area (Å²) >= 11 is 0. The zero-order valence-electron chi connectivity index (χ0n) is 9.28. The molecule has 0 aromatic heterocycles. The second-order valence-corrected chi connectivity index (χ2v) is 5.01. The highest BCUT2D eigenvalue weighted by Crippen LogP contribution is 2.43. The SMILES string of the molecule is CCC1CC[C@@H]2CC(CO)OC2C1C. The molecule has 0 bridgehead atoms. The van der Waals surface area contributed by atoms with E-state index in [9.17, 15) is 0 Å². The summed E-state index contributed by atoms with van der Waals surface area (Å²) in [4.78, 5) is 0. The van der Waals surface area contributed by atoms with Crippen LogP contribution in [0.25, 0.3) is 0 Å². The molecular formula is C12H22O2. The number of aliphatic hydroxyl groups excluding tert-OH is 1. The van der Waals surface area contributed by atoms with Gasteiger partial charge < -0.3 is 9.84 Å². The quantitative estimate of drug-likeness (QED) is 0.737. The third-order valence-electron chi connectivity index (χ3n) is 4.28. The Balaban J connectivity index is 2.00. The monoisotopic (exact) mass is 198 g/mol. The Morgan fingerprint density at radius 1 is 1.36 bits per heavy atom. The Bertz CT molecular complexity index is 193. The molecule has 1 N–H and O–H groups in total. The first kappa shape index (κ1) is 10.4. The van der Waals surface area contributed by atoms with Crippen molar-refractivity contribution < 1.29 is 9.84 Å². The molecule has 1 aliphatic carbocycles. The molecule has 2 nitrogen and oxygen atoms in total. The summed E-state index contributed by atoms with van der Waals surface area (Å²) in [5, 5.41) is 9.10.